The van der Waals surface area contributed by atoms with E-state index in [0.717, 1.165) is 51.5 Å². The topological polar surface area (TPSA) is 38.1 Å². The van der Waals surface area contributed by atoms with Crippen LogP contribution in [0.3, 0.4) is 0 Å². The fourth-order valence-corrected chi connectivity index (χ4v) is 4.13. The summed E-state index contributed by atoms with van der Waals surface area (Å²) in [5.41, 5.74) is 6.79. The zero-order valence-corrected chi connectivity index (χ0v) is 19.0. The first-order valence-corrected chi connectivity index (χ1v) is 11.4. The van der Waals surface area contributed by atoms with Gasteiger partial charge < -0.3 is 9.73 Å². The summed E-state index contributed by atoms with van der Waals surface area (Å²) < 4.78 is 6.45. The van der Waals surface area contributed by atoms with Crippen LogP contribution in [-0.4, -0.2) is 11.5 Å². The summed E-state index contributed by atoms with van der Waals surface area (Å²) in [6, 6.07) is 34.3. The minimum atomic E-state index is 0. The first-order valence-electron chi connectivity index (χ1n) is 11.0. The lowest BCUT2D eigenvalue weighted by Crippen LogP contribution is -1.96. The lowest BCUT2D eigenvalue weighted by Gasteiger charge is -2.10. The van der Waals surface area contributed by atoms with E-state index >= 15 is 0 Å². The second-order valence-corrected chi connectivity index (χ2v) is 8.17. The van der Waals surface area contributed by atoms with Crippen molar-refractivity contribution in [2.24, 2.45) is 0 Å². The number of hydrogen-bond acceptors (Lipinski definition) is 3. The second-order valence-electron chi connectivity index (χ2n) is 7.73. The van der Waals surface area contributed by atoms with Crippen LogP contribution < -0.4 is 5.32 Å². The molecule has 3 nitrogen and oxygen atoms in total. The van der Waals surface area contributed by atoms with Crippen molar-refractivity contribution >= 4 is 17.3 Å². The molecular formula is C30H27ClN2O. The molecule has 4 heteroatoms. The van der Waals surface area contributed by atoms with Gasteiger partial charge in [0.2, 0.25) is 5.89 Å². The smallest absolute Gasteiger partial charge is 0.227 e. The summed E-state index contributed by atoms with van der Waals surface area (Å²) >= 11 is 6.42. The van der Waals surface area contributed by atoms with Gasteiger partial charge in [0.15, 0.2) is 5.76 Å². The predicted octanol–water partition coefficient (Wildman–Crippen LogP) is 9.06. The number of nitrogens with zero attached hydrogens (tertiary/aromatic N) is 1. The highest BCUT2D eigenvalue weighted by Crippen LogP contribution is 2.40. The number of benzene rings is 4. The number of aromatic nitrogens is 1. The van der Waals surface area contributed by atoms with Crippen molar-refractivity contribution in [3.8, 4) is 45.2 Å². The average molecular weight is 467 g/mol. The summed E-state index contributed by atoms with van der Waals surface area (Å²) in [6.45, 7) is 2.94. The highest BCUT2D eigenvalue weighted by Gasteiger charge is 2.20. The number of hydrogen-bond donors (Lipinski definition) is 1. The van der Waals surface area contributed by atoms with Crippen LogP contribution in [0.1, 0.15) is 14.4 Å². The average Bonchev–Trinajstić information content (AvgIpc) is 3.31. The van der Waals surface area contributed by atoms with E-state index in [2.05, 4.69) is 42.6 Å². The van der Waals surface area contributed by atoms with Gasteiger partial charge in [0.05, 0.1) is 0 Å². The zero-order chi connectivity index (χ0) is 22.6. The molecule has 5 rings (SSSR count). The third-order valence-corrected chi connectivity index (χ3v) is 5.71. The Labute approximate surface area is 206 Å². The van der Waals surface area contributed by atoms with Crippen molar-refractivity contribution in [3.63, 3.8) is 0 Å². The molecule has 4 aromatic carbocycles. The molecule has 0 aliphatic carbocycles. The Bertz CT molecular complexity index is 1320. The molecule has 0 radical (unpaired) electrons. The number of halogens is 1. The lowest BCUT2D eigenvalue weighted by molar-refractivity contribution is 0.589. The zero-order valence-electron chi connectivity index (χ0n) is 18.3. The van der Waals surface area contributed by atoms with Gasteiger partial charge in [0.25, 0.3) is 0 Å². The summed E-state index contributed by atoms with van der Waals surface area (Å²) in [5.74, 6) is 1.31. The van der Waals surface area contributed by atoms with Crippen molar-refractivity contribution in [1.82, 2.24) is 4.98 Å². The van der Waals surface area contributed by atoms with Gasteiger partial charge >= 0.3 is 0 Å². The number of nitrogens with one attached hydrogen (secondary N) is 1. The van der Waals surface area contributed by atoms with E-state index in [0.29, 0.717) is 10.9 Å². The fourth-order valence-electron chi connectivity index (χ4n) is 3.95. The van der Waals surface area contributed by atoms with Crippen LogP contribution in [0.15, 0.2) is 108 Å². The molecule has 1 heterocycles. The summed E-state index contributed by atoms with van der Waals surface area (Å²) in [5, 5.41) is 4.04. The largest absolute Gasteiger partial charge is 0.435 e. The van der Waals surface area contributed by atoms with Crippen LogP contribution in [-0.2, 0) is 0 Å². The van der Waals surface area contributed by atoms with Gasteiger partial charge in [-0.3, -0.25) is 0 Å². The van der Waals surface area contributed by atoms with Gasteiger partial charge in [-0.2, -0.15) is 0 Å². The van der Waals surface area contributed by atoms with Crippen LogP contribution >= 0.6 is 11.6 Å². The molecule has 34 heavy (non-hydrogen) atoms. The Morgan fingerprint density at radius 3 is 2.12 bits per heavy atom. The van der Waals surface area contributed by atoms with Crippen LogP contribution in [0.25, 0.3) is 45.2 Å². The van der Waals surface area contributed by atoms with Gasteiger partial charge in [-0.25, -0.2) is 4.98 Å². The first kappa shape index (κ1) is 23.3. The van der Waals surface area contributed by atoms with Crippen molar-refractivity contribution < 1.29 is 4.42 Å². The van der Waals surface area contributed by atoms with E-state index in [9.17, 15) is 0 Å². The SMILES string of the molecule is C.CCNc1cccc(-c2cc(Cl)ccc2-c2nc(-c3ccccc3)c(-c3ccccc3)o2)c1. The van der Waals surface area contributed by atoms with E-state index < -0.39 is 0 Å². The van der Waals surface area contributed by atoms with Crippen LogP contribution in [0.4, 0.5) is 5.69 Å². The number of rotatable bonds is 6. The minimum absolute atomic E-state index is 0. The minimum Gasteiger partial charge on any atom is -0.435 e. The highest BCUT2D eigenvalue weighted by molar-refractivity contribution is 6.31. The molecular weight excluding hydrogens is 440 g/mol. The van der Waals surface area contributed by atoms with E-state index in [1.807, 2.05) is 72.8 Å². The second kappa shape index (κ2) is 10.4. The summed E-state index contributed by atoms with van der Waals surface area (Å²) in [6.07, 6.45) is 0. The maximum Gasteiger partial charge on any atom is 0.227 e. The Hall–Kier alpha value is -3.82. The van der Waals surface area contributed by atoms with Gasteiger partial charge in [-0.15, -0.1) is 0 Å². The Balaban J connectivity index is 0.00000274. The van der Waals surface area contributed by atoms with Gasteiger partial charge in [0.1, 0.15) is 5.69 Å². The molecule has 0 spiro atoms. The highest BCUT2D eigenvalue weighted by atomic mass is 35.5. The van der Waals surface area contributed by atoms with E-state index in [-0.39, 0.29) is 7.43 Å². The van der Waals surface area contributed by atoms with Crippen LogP contribution in [0.5, 0.6) is 0 Å². The van der Waals surface area contributed by atoms with Crippen LogP contribution in [0, 0.1) is 0 Å². The molecule has 5 aromatic rings. The molecule has 0 bridgehead atoms. The molecule has 0 aliphatic heterocycles. The number of anilines is 1. The number of oxazole rings is 1. The molecule has 0 fully saturated rings. The standard InChI is InChI=1S/C29H23ClN2O.CH4/c1-2-31-24-15-9-14-22(18-24)26-19-23(30)16-17-25(26)29-32-27(20-10-5-3-6-11-20)28(33-29)21-12-7-4-8-13-21;/h3-19,31H,2H2,1H3;1H4. The quantitative estimate of drug-likeness (QED) is 0.271. The predicted molar refractivity (Wildman–Crippen MR) is 144 cm³/mol. The van der Waals surface area contributed by atoms with Crippen molar-refractivity contribution in [2.45, 2.75) is 14.4 Å². The Kier molecular flexibility index (Phi) is 7.15. The van der Waals surface area contributed by atoms with Crippen molar-refractivity contribution in [2.75, 3.05) is 11.9 Å². The lowest BCUT2D eigenvalue weighted by atomic mass is 9.99. The first-order chi connectivity index (χ1) is 16.2. The third kappa shape index (κ3) is 4.75. The van der Waals surface area contributed by atoms with Gasteiger partial charge in [-0.05, 0) is 48.4 Å². The molecule has 1 N–H and O–H groups in total. The summed E-state index contributed by atoms with van der Waals surface area (Å²) in [4.78, 5) is 4.98. The third-order valence-electron chi connectivity index (χ3n) is 5.48. The maximum absolute atomic E-state index is 6.45. The molecule has 0 saturated heterocycles. The van der Waals surface area contributed by atoms with Gasteiger partial charge in [-0.1, -0.05) is 91.8 Å². The molecule has 0 amide bonds. The molecule has 0 saturated carbocycles. The van der Waals surface area contributed by atoms with Crippen molar-refractivity contribution in [3.05, 3.63) is 108 Å². The fraction of sp³-hybridized carbons (Fsp3) is 0.100. The van der Waals surface area contributed by atoms with E-state index in [1.165, 1.54) is 0 Å². The normalized spacial score (nSPS) is 10.5. The van der Waals surface area contributed by atoms with Crippen molar-refractivity contribution in [1.29, 1.82) is 0 Å². The van der Waals surface area contributed by atoms with Gasteiger partial charge in [0, 0.05) is 33.9 Å². The Morgan fingerprint density at radius 1 is 0.735 bits per heavy atom. The van der Waals surface area contributed by atoms with E-state index in [1.54, 1.807) is 0 Å². The molecule has 0 unspecified atom stereocenters. The maximum atomic E-state index is 6.45. The molecule has 0 aliphatic rings. The molecule has 0 atom stereocenters. The van der Waals surface area contributed by atoms with Crippen LogP contribution in [0.2, 0.25) is 5.02 Å². The van der Waals surface area contributed by atoms with E-state index in [4.69, 9.17) is 21.0 Å². The summed E-state index contributed by atoms with van der Waals surface area (Å²) in [7, 11) is 0. The molecule has 1 aromatic heterocycles. The molecule has 170 valence electrons. The monoisotopic (exact) mass is 466 g/mol. The Morgan fingerprint density at radius 2 is 1.41 bits per heavy atom.